The molecule has 26 heavy (non-hydrogen) atoms. The summed E-state index contributed by atoms with van der Waals surface area (Å²) in [5, 5.41) is 0. The first-order valence-electron chi connectivity index (χ1n) is 10.1. The van der Waals surface area contributed by atoms with Crippen molar-refractivity contribution in [1.29, 1.82) is 0 Å². The summed E-state index contributed by atoms with van der Waals surface area (Å²) in [7, 11) is 0. The normalized spacial score (nSPS) is 31.7. The van der Waals surface area contributed by atoms with Crippen LogP contribution in [-0.2, 0) is 11.2 Å². The molecule has 0 bridgehead atoms. The van der Waals surface area contributed by atoms with Gasteiger partial charge in [0.1, 0.15) is 5.82 Å². The van der Waals surface area contributed by atoms with E-state index in [1.54, 1.807) is 0 Å². The van der Waals surface area contributed by atoms with Gasteiger partial charge in [-0.1, -0.05) is 13.3 Å². The summed E-state index contributed by atoms with van der Waals surface area (Å²) in [4.78, 5) is 30.4. The molecule has 2 unspecified atom stereocenters. The van der Waals surface area contributed by atoms with Gasteiger partial charge < -0.3 is 15.5 Å². The lowest BCUT2D eigenvalue weighted by Crippen LogP contribution is -2.36. The van der Waals surface area contributed by atoms with E-state index in [4.69, 9.17) is 5.73 Å². The van der Waals surface area contributed by atoms with E-state index in [1.807, 2.05) is 6.92 Å². The van der Waals surface area contributed by atoms with Gasteiger partial charge in [-0.15, -0.1) is 0 Å². The van der Waals surface area contributed by atoms with Crippen LogP contribution < -0.4 is 10.6 Å². The predicted octanol–water partition coefficient (Wildman–Crippen LogP) is 1.64. The van der Waals surface area contributed by atoms with E-state index < -0.39 is 0 Å². The lowest BCUT2D eigenvalue weighted by Gasteiger charge is -2.28. The zero-order valence-electron chi connectivity index (χ0n) is 15.6. The van der Waals surface area contributed by atoms with Gasteiger partial charge in [0.05, 0.1) is 0 Å². The Morgan fingerprint density at radius 1 is 1.15 bits per heavy atom. The highest BCUT2D eigenvalue weighted by Gasteiger charge is 2.62. The average Bonchev–Trinajstić information content (AvgIpc) is 3.06. The van der Waals surface area contributed by atoms with Crippen molar-refractivity contribution in [3.63, 3.8) is 0 Å². The van der Waals surface area contributed by atoms with Gasteiger partial charge in [-0.3, -0.25) is 4.79 Å². The van der Waals surface area contributed by atoms with Gasteiger partial charge in [-0.05, 0) is 37.5 Å². The molecule has 2 aliphatic heterocycles. The van der Waals surface area contributed by atoms with Crippen molar-refractivity contribution in [1.82, 2.24) is 19.9 Å². The van der Waals surface area contributed by atoms with E-state index in [0.717, 1.165) is 57.7 Å². The second-order valence-corrected chi connectivity index (χ2v) is 8.92. The maximum absolute atomic E-state index is 12.9. The van der Waals surface area contributed by atoms with Crippen molar-refractivity contribution in [3.8, 4) is 0 Å². The van der Waals surface area contributed by atoms with Gasteiger partial charge in [-0.25, -0.2) is 0 Å². The second kappa shape index (κ2) is 5.54. The van der Waals surface area contributed by atoms with Crippen molar-refractivity contribution in [2.45, 2.75) is 51.9 Å². The fourth-order valence-corrected chi connectivity index (χ4v) is 5.39. The van der Waals surface area contributed by atoms with Crippen LogP contribution in [0.15, 0.2) is 0 Å². The molecular weight excluding hydrogens is 328 g/mol. The molecule has 7 heteroatoms. The molecule has 7 nitrogen and oxygen atoms in total. The Labute approximate surface area is 154 Å². The molecule has 1 amide bonds. The number of nitrogens with two attached hydrogens (primary N) is 1. The molecule has 0 radical (unpaired) electrons. The topological polar surface area (TPSA) is 88.2 Å². The highest BCUT2D eigenvalue weighted by atomic mass is 16.2. The minimum Gasteiger partial charge on any atom is -0.368 e. The Kier molecular flexibility index (Phi) is 3.46. The molecule has 2 spiro atoms. The Morgan fingerprint density at radius 2 is 1.96 bits per heavy atom. The van der Waals surface area contributed by atoms with Crippen LogP contribution in [-0.4, -0.2) is 51.9 Å². The van der Waals surface area contributed by atoms with Gasteiger partial charge in [0.25, 0.3) is 0 Å². The molecule has 140 valence electrons. The SMILES string of the molecule is CCc1nc(N)nc(N2CCC3(CCN(C(=O)C4CC45CCC5)C3)C2)n1. The third-order valence-corrected chi connectivity index (χ3v) is 7.31. The summed E-state index contributed by atoms with van der Waals surface area (Å²) < 4.78 is 0. The molecular formula is C19H28N6O. The number of amides is 1. The molecule has 1 aromatic heterocycles. The van der Waals surface area contributed by atoms with Crippen LogP contribution in [0, 0.1) is 16.7 Å². The van der Waals surface area contributed by atoms with E-state index >= 15 is 0 Å². The van der Waals surface area contributed by atoms with Crippen molar-refractivity contribution in [2.75, 3.05) is 36.8 Å². The van der Waals surface area contributed by atoms with Crippen LogP contribution in [0.3, 0.4) is 0 Å². The molecule has 2 atom stereocenters. The number of anilines is 2. The first-order chi connectivity index (χ1) is 12.5. The molecule has 3 heterocycles. The molecule has 2 saturated heterocycles. The van der Waals surface area contributed by atoms with Crippen LogP contribution in [0.1, 0.15) is 51.3 Å². The van der Waals surface area contributed by atoms with Crippen LogP contribution in [0.2, 0.25) is 0 Å². The first kappa shape index (κ1) is 16.3. The predicted molar refractivity (Wildman–Crippen MR) is 98.5 cm³/mol. The van der Waals surface area contributed by atoms with E-state index in [1.165, 1.54) is 19.3 Å². The molecule has 5 rings (SSSR count). The molecule has 4 fully saturated rings. The number of hydrogen-bond donors (Lipinski definition) is 1. The number of carbonyl (C=O) groups excluding carboxylic acids is 1. The maximum Gasteiger partial charge on any atom is 0.230 e. The van der Waals surface area contributed by atoms with Crippen LogP contribution in [0.4, 0.5) is 11.9 Å². The average molecular weight is 356 g/mol. The van der Waals surface area contributed by atoms with Crippen molar-refractivity contribution in [2.24, 2.45) is 16.7 Å². The van der Waals surface area contributed by atoms with E-state index in [-0.39, 0.29) is 5.41 Å². The van der Waals surface area contributed by atoms with Gasteiger partial charge in [0, 0.05) is 43.9 Å². The number of likely N-dealkylation sites (tertiary alicyclic amines) is 1. The molecule has 1 aromatic rings. The monoisotopic (exact) mass is 356 g/mol. The Morgan fingerprint density at radius 3 is 2.65 bits per heavy atom. The number of aromatic nitrogens is 3. The third-order valence-electron chi connectivity index (χ3n) is 7.31. The summed E-state index contributed by atoms with van der Waals surface area (Å²) in [5.41, 5.74) is 6.48. The van der Waals surface area contributed by atoms with Crippen molar-refractivity contribution in [3.05, 3.63) is 5.82 Å². The van der Waals surface area contributed by atoms with Gasteiger partial charge in [-0.2, -0.15) is 15.0 Å². The largest absolute Gasteiger partial charge is 0.368 e. The van der Waals surface area contributed by atoms with Gasteiger partial charge >= 0.3 is 0 Å². The lowest BCUT2D eigenvalue weighted by atomic mass is 9.79. The highest BCUT2D eigenvalue weighted by Crippen LogP contribution is 2.66. The summed E-state index contributed by atoms with van der Waals surface area (Å²) in [5.74, 6) is 2.51. The Bertz CT molecular complexity index is 748. The lowest BCUT2D eigenvalue weighted by molar-refractivity contribution is -0.133. The summed E-state index contributed by atoms with van der Waals surface area (Å²) in [6.45, 7) is 5.69. The number of rotatable bonds is 3. The number of carbonyl (C=O) groups is 1. The summed E-state index contributed by atoms with van der Waals surface area (Å²) in [6, 6.07) is 0. The Balaban J connectivity index is 1.26. The van der Waals surface area contributed by atoms with Crippen molar-refractivity contribution >= 4 is 17.8 Å². The van der Waals surface area contributed by atoms with E-state index in [0.29, 0.717) is 29.1 Å². The zero-order valence-corrected chi connectivity index (χ0v) is 15.6. The Hall–Kier alpha value is -1.92. The summed E-state index contributed by atoms with van der Waals surface area (Å²) in [6.07, 6.45) is 7.95. The number of aryl methyl sites for hydroxylation is 1. The van der Waals surface area contributed by atoms with Crippen LogP contribution in [0.5, 0.6) is 0 Å². The third kappa shape index (κ3) is 2.47. The fourth-order valence-electron chi connectivity index (χ4n) is 5.39. The van der Waals surface area contributed by atoms with Crippen LogP contribution >= 0.6 is 0 Å². The van der Waals surface area contributed by atoms with Crippen molar-refractivity contribution < 1.29 is 4.79 Å². The molecule has 2 saturated carbocycles. The number of nitrogens with zero attached hydrogens (tertiary/aromatic N) is 5. The summed E-state index contributed by atoms with van der Waals surface area (Å²) >= 11 is 0. The molecule has 2 aliphatic carbocycles. The second-order valence-electron chi connectivity index (χ2n) is 8.92. The van der Waals surface area contributed by atoms with E-state index in [2.05, 4.69) is 24.8 Å². The number of nitrogen functional groups attached to an aromatic ring is 1. The molecule has 4 aliphatic rings. The van der Waals surface area contributed by atoms with Crippen LogP contribution in [0.25, 0.3) is 0 Å². The fraction of sp³-hybridized carbons (Fsp3) is 0.789. The zero-order chi connectivity index (χ0) is 17.9. The van der Waals surface area contributed by atoms with E-state index in [9.17, 15) is 4.79 Å². The molecule has 2 N–H and O–H groups in total. The van der Waals surface area contributed by atoms with Gasteiger partial charge in [0.2, 0.25) is 17.8 Å². The highest BCUT2D eigenvalue weighted by molar-refractivity contribution is 5.83. The first-order valence-corrected chi connectivity index (χ1v) is 10.1. The van der Waals surface area contributed by atoms with Gasteiger partial charge in [0.15, 0.2) is 0 Å². The smallest absolute Gasteiger partial charge is 0.230 e. The number of hydrogen-bond acceptors (Lipinski definition) is 6. The maximum atomic E-state index is 12.9. The standard InChI is InChI=1S/C19H28N6O/c1-2-14-21-16(20)23-17(22-14)25-9-7-18(12-25)6-8-24(11-18)15(26)13-10-19(13)4-3-5-19/h13H,2-12H2,1H3,(H2,20,21,22,23). The quantitative estimate of drug-likeness (QED) is 0.886. The minimum absolute atomic E-state index is 0.200. The molecule has 0 aromatic carbocycles. The minimum atomic E-state index is 0.200.